The second-order valence-electron chi connectivity index (χ2n) is 14.7. The molecule has 4 aliphatic rings. The lowest BCUT2D eigenvalue weighted by atomic mass is 9.78. The highest BCUT2D eigenvalue weighted by atomic mass is 32.1. The average molecular weight is 843 g/mol. The van der Waals surface area contributed by atoms with Crippen molar-refractivity contribution < 1.29 is 9.47 Å². The van der Waals surface area contributed by atoms with E-state index in [0.29, 0.717) is 41.5 Å². The molecule has 2 spiro atoms. The number of thiazole rings is 4. The molecule has 6 heterocycles. The number of nitrogens with zero attached hydrogens (tertiary/aromatic N) is 8. The van der Waals surface area contributed by atoms with Crippen LogP contribution in [0, 0.1) is 45.3 Å². The Balaban J connectivity index is 1.22. The number of fused-ring (bicyclic) bond motifs is 8. The Morgan fingerprint density at radius 3 is 1.38 bits per heavy atom. The molecule has 9 rings (SSSR count). The lowest BCUT2D eigenvalue weighted by Gasteiger charge is -2.43. The van der Waals surface area contributed by atoms with E-state index in [2.05, 4.69) is 12.1 Å². The van der Waals surface area contributed by atoms with Gasteiger partial charge in [-0.25, -0.2) is 9.97 Å². The van der Waals surface area contributed by atoms with Gasteiger partial charge in [-0.05, 0) is 89.5 Å². The first kappa shape index (κ1) is 37.9. The number of hydrogen-bond acceptors (Lipinski definition) is 14. The maximum atomic E-state index is 13.5. The molecule has 290 valence electrons. The summed E-state index contributed by atoms with van der Waals surface area (Å²) in [6, 6.07) is 11.9. The summed E-state index contributed by atoms with van der Waals surface area (Å²) in [5.41, 5.74) is 1.50. The zero-order valence-electron chi connectivity index (χ0n) is 31.6. The fourth-order valence-electron chi connectivity index (χ4n) is 8.76. The Bertz CT molecular complexity index is 2880. The van der Waals surface area contributed by atoms with Crippen LogP contribution >= 0.6 is 45.3 Å². The second kappa shape index (κ2) is 14.6. The molecule has 2 aliphatic carbocycles. The van der Waals surface area contributed by atoms with E-state index < -0.39 is 11.2 Å². The van der Waals surface area contributed by atoms with E-state index in [0.717, 1.165) is 131 Å². The van der Waals surface area contributed by atoms with Crippen LogP contribution in [-0.2, 0) is 24.3 Å². The van der Waals surface area contributed by atoms with Crippen LogP contribution in [0.4, 0.5) is 0 Å². The van der Waals surface area contributed by atoms with Gasteiger partial charge >= 0.3 is 0 Å². The van der Waals surface area contributed by atoms with Gasteiger partial charge in [0.2, 0.25) is 0 Å². The molecule has 2 aliphatic heterocycles. The van der Waals surface area contributed by atoms with Crippen LogP contribution in [0.15, 0.2) is 21.7 Å². The SMILES string of the molecule is CCn1c(=C(C#N)C#N)s/c(=C/c2nc3c(s2)-c2cc4c(cc2OC32CCCCC2)-c2sc(/C=c3/sc(=C(C#N)C#N)n(CC)c3=O)nc2C2(CCCCC2)O4)c1=O. The molecule has 5 aromatic rings. The van der Waals surface area contributed by atoms with Crippen LogP contribution in [0.3, 0.4) is 0 Å². The predicted molar refractivity (Wildman–Crippen MR) is 223 cm³/mol. The molecular weight excluding hydrogens is 809 g/mol. The Labute approximate surface area is 348 Å². The molecule has 0 amide bonds. The molecule has 1 aromatic carbocycles. The van der Waals surface area contributed by atoms with Crippen molar-refractivity contribution >= 4 is 68.6 Å². The van der Waals surface area contributed by atoms with Crippen molar-refractivity contribution in [2.75, 3.05) is 0 Å². The quantitative estimate of drug-likeness (QED) is 0.222. The van der Waals surface area contributed by atoms with Gasteiger partial charge < -0.3 is 9.47 Å². The molecule has 0 radical (unpaired) electrons. The molecule has 0 atom stereocenters. The highest BCUT2D eigenvalue weighted by Gasteiger charge is 2.48. The third-order valence-electron chi connectivity index (χ3n) is 11.5. The molecule has 4 aromatic heterocycles. The monoisotopic (exact) mass is 842 g/mol. The molecule has 0 unspecified atom stereocenters. The van der Waals surface area contributed by atoms with E-state index in [1.165, 1.54) is 31.8 Å². The third-order valence-corrected chi connectivity index (χ3v) is 15.8. The molecule has 0 bridgehead atoms. The maximum Gasteiger partial charge on any atom is 0.269 e. The van der Waals surface area contributed by atoms with Crippen molar-refractivity contribution in [3.63, 3.8) is 0 Å². The normalized spacial score (nSPS) is 17.4. The first-order valence-corrected chi connectivity index (χ1v) is 22.6. The Morgan fingerprint density at radius 2 is 1.03 bits per heavy atom. The van der Waals surface area contributed by atoms with Gasteiger partial charge in [0.05, 0.1) is 18.8 Å². The zero-order chi connectivity index (χ0) is 40.3. The van der Waals surface area contributed by atoms with E-state index >= 15 is 0 Å². The molecule has 16 heteroatoms. The molecular formula is C42H34N8O4S4. The predicted octanol–water partition coefficient (Wildman–Crippen LogP) is 5.58. The summed E-state index contributed by atoms with van der Waals surface area (Å²) in [6.07, 6.45) is 12.9. The smallest absolute Gasteiger partial charge is 0.269 e. The van der Waals surface area contributed by atoms with Crippen LogP contribution in [0.1, 0.15) is 99.5 Å². The molecule has 12 nitrogen and oxygen atoms in total. The first-order valence-electron chi connectivity index (χ1n) is 19.3. The summed E-state index contributed by atoms with van der Waals surface area (Å²) in [4.78, 5) is 39.3. The number of hydrogen-bond donors (Lipinski definition) is 0. The van der Waals surface area contributed by atoms with E-state index in [4.69, 9.17) is 19.4 Å². The number of rotatable bonds is 4. The highest BCUT2D eigenvalue weighted by Crippen LogP contribution is 2.59. The Morgan fingerprint density at radius 1 is 0.655 bits per heavy atom. The van der Waals surface area contributed by atoms with Crippen LogP contribution < -0.4 is 39.0 Å². The largest absolute Gasteiger partial charge is 0.480 e. The van der Waals surface area contributed by atoms with Crippen LogP contribution in [0.2, 0.25) is 0 Å². The highest BCUT2D eigenvalue weighted by molar-refractivity contribution is 7.17. The minimum absolute atomic E-state index is 0.0935. The topological polar surface area (TPSA) is 183 Å². The zero-order valence-corrected chi connectivity index (χ0v) is 34.9. The third kappa shape index (κ3) is 5.89. The van der Waals surface area contributed by atoms with E-state index in [9.17, 15) is 30.6 Å². The summed E-state index contributed by atoms with van der Waals surface area (Å²) >= 11 is 5.27. The summed E-state index contributed by atoms with van der Waals surface area (Å²) < 4.78 is 18.6. The van der Waals surface area contributed by atoms with Crippen molar-refractivity contribution in [1.82, 2.24) is 19.1 Å². The lowest BCUT2D eigenvalue weighted by molar-refractivity contribution is 0.0163. The van der Waals surface area contributed by atoms with E-state index in [-0.39, 0.29) is 22.3 Å². The fourth-order valence-corrected chi connectivity index (χ4v) is 13.3. The van der Waals surface area contributed by atoms with Crippen LogP contribution in [-0.4, -0.2) is 19.1 Å². The number of benzene rings is 1. The Hall–Kier alpha value is -5.62. The molecule has 58 heavy (non-hydrogen) atoms. The van der Waals surface area contributed by atoms with Gasteiger partial charge in [0, 0.05) is 24.2 Å². The summed E-state index contributed by atoms with van der Waals surface area (Å²) in [5.74, 6) is 1.46. The van der Waals surface area contributed by atoms with Crippen molar-refractivity contribution in [3.05, 3.63) is 72.6 Å². The number of ether oxygens (including phenoxy) is 2. The van der Waals surface area contributed by atoms with Crippen LogP contribution in [0.5, 0.6) is 11.5 Å². The van der Waals surface area contributed by atoms with Gasteiger partial charge in [-0.3, -0.25) is 18.7 Å². The molecule has 2 fully saturated rings. The van der Waals surface area contributed by atoms with Gasteiger partial charge in [0.15, 0.2) is 22.3 Å². The summed E-state index contributed by atoms with van der Waals surface area (Å²) in [7, 11) is 0. The van der Waals surface area contributed by atoms with Gasteiger partial charge in [-0.1, -0.05) is 12.8 Å². The molecule has 0 saturated heterocycles. The van der Waals surface area contributed by atoms with E-state index in [1.54, 1.807) is 12.2 Å². The fraction of sp³-hybridized carbons (Fsp3) is 0.381. The maximum absolute atomic E-state index is 13.5. The van der Waals surface area contributed by atoms with Crippen molar-refractivity contribution in [2.45, 2.75) is 102 Å². The van der Waals surface area contributed by atoms with Gasteiger partial charge in [-0.2, -0.15) is 21.0 Å². The lowest BCUT2D eigenvalue weighted by Crippen LogP contribution is -2.39. The summed E-state index contributed by atoms with van der Waals surface area (Å²) in [5, 5.41) is 39.6. The van der Waals surface area contributed by atoms with Crippen molar-refractivity contribution in [2.24, 2.45) is 0 Å². The van der Waals surface area contributed by atoms with Crippen LogP contribution in [0.25, 0.3) is 44.2 Å². The second-order valence-corrected chi connectivity index (χ2v) is 18.9. The first-order chi connectivity index (χ1) is 28.2. The standard InChI is InChI=1S/C42H34N8O4S4/c1-3-49-37(51)29(55-39(49)23(19-43)20-44)17-31-47-35-33(57-31)25-15-28-26(16-27(25)53-41(35)11-7-5-8-12-41)34-36(42(54-28)13-9-6-10-14-42)48-32(58-34)18-30-38(52)50(4-2)40(56-30)24(21-45)22-46/h15-18H,3-14H2,1-2H3/b29-17+,30-18+. The Kier molecular flexibility index (Phi) is 9.57. The molecule has 0 N–H and O–H groups in total. The van der Waals surface area contributed by atoms with E-state index in [1.807, 2.05) is 38.1 Å². The average Bonchev–Trinajstić information content (AvgIpc) is 4.01. The molecule has 2 saturated carbocycles. The number of aromatic nitrogens is 4. The van der Waals surface area contributed by atoms with Gasteiger partial charge in [0.1, 0.15) is 66.5 Å². The van der Waals surface area contributed by atoms with Gasteiger partial charge in [-0.15, -0.1) is 45.3 Å². The minimum atomic E-state index is -0.640. The van der Waals surface area contributed by atoms with Gasteiger partial charge in [0.25, 0.3) is 11.1 Å². The van der Waals surface area contributed by atoms with Crippen molar-refractivity contribution in [1.29, 1.82) is 21.0 Å². The summed E-state index contributed by atoms with van der Waals surface area (Å²) in [6.45, 7) is 4.29. The minimum Gasteiger partial charge on any atom is -0.480 e. The number of nitriles is 4. The van der Waals surface area contributed by atoms with Crippen molar-refractivity contribution in [3.8, 4) is 56.7 Å².